The lowest BCUT2D eigenvalue weighted by Crippen LogP contribution is -2.38. The number of ether oxygens (including phenoxy) is 2. The Balaban J connectivity index is 2.56. The summed E-state index contributed by atoms with van der Waals surface area (Å²) >= 11 is 0. The van der Waals surface area contributed by atoms with E-state index < -0.39 is 0 Å². The van der Waals surface area contributed by atoms with Crippen LogP contribution in [0.15, 0.2) is 23.2 Å². The minimum absolute atomic E-state index is 0.553. The monoisotopic (exact) mass is 406 g/mol. The number of guanidine groups is 1. The van der Waals surface area contributed by atoms with Crippen LogP contribution in [0.2, 0.25) is 0 Å². The molecule has 166 valence electrons. The van der Waals surface area contributed by atoms with Crippen LogP contribution in [0.5, 0.6) is 5.75 Å². The maximum atomic E-state index is 5.93. The van der Waals surface area contributed by atoms with E-state index in [0.29, 0.717) is 32.4 Å². The number of aliphatic imine (C=N–C) groups is 1. The summed E-state index contributed by atoms with van der Waals surface area (Å²) in [4.78, 5) is 7.13. The van der Waals surface area contributed by atoms with E-state index in [0.717, 1.165) is 43.3 Å². The topological polar surface area (TPSA) is 58.1 Å². The zero-order chi connectivity index (χ0) is 21.5. The second kappa shape index (κ2) is 15.1. The largest absolute Gasteiger partial charge is 0.491 e. The molecule has 0 atom stereocenters. The lowest BCUT2D eigenvalue weighted by molar-refractivity contribution is 0.110. The molecule has 29 heavy (non-hydrogen) atoms. The zero-order valence-corrected chi connectivity index (χ0v) is 19.4. The Hall–Kier alpha value is -1.79. The fraction of sp³-hybridized carbons (Fsp3) is 0.696. The van der Waals surface area contributed by atoms with Gasteiger partial charge in [-0.1, -0.05) is 12.1 Å². The number of rotatable bonds is 14. The van der Waals surface area contributed by atoms with Crippen molar-refractivity contribution in [2.24, 2.45) is 4.99 Å². The number of unbranched alkanes of at least 4 members (excludes halogenated alkanes) is 1. The average molecular weight is 407 g/mol. The second-order valence-corrected chi connectivity index (χ2v) is 7.56. The summed E-state index contributed by atoms with van der Waals surface area (Å²) < 4.78 is 11.3. The van der Waals surface area contributed by atoms with Crippen molar-refractivity contribution >= 4 is 5.96 Å². The van der Waals surface area contributed by atoms with Gasteiger partial charge in [0.1, 0.15) is 12.4 Å². The highest BCUT2D eigenvalue weighted by Gasteiger charge is 2.06. The van der Waals surface area contributed by atoms with E-state index >= 15 is 0 Å². The average Bonchev–Trinajstić information content (AvgIpc) is 2.69. The smallest absolute Gasteiger partial charge is 0.191 e. The van der Waals surface area contributed by atoms with Crippen LogP contribution >= 0.6 is 0 Å². The van der Waals surface area contributed by atoms with Gasteiger partial charge < -0.3 is 25.0 Å². The van der Waals surface area contributed by atoms with Gasteiger partial charge in [-0.15, -0.1) is 0 Å². The number of hydrogen-bond donors (Lipinski definition) is 2. The molecule has 0 saturated carbocycles. The molecular formula is C23H42N4O2. The number of benzene rings is 1. The Bertz CT molecular complexity index is 590. The first-order valence-corrected chi connectivity index (χ1v) is 11.0. The first-order chi connectivity index (χ1) is 14.0. The molecule has 0 bridgehead atoms. The van der Waals surface area contributed by atoms with Crippen LogP contribution in [0.4, 0.5) is 0 Å². The third kappa shape index (κ3) is 11.1. The van der Waals surface area contributed by atoms with Gasteiger partial charge in [0, 0.05) is 31.3 Å². The normalized spacial score (nSPS) is 11.9. The first kappa shape index (κ1) is 25.2. The van der Waals surface area contributed by atoms with Crippen molar-refractivity contribution in [1.82, 2.24) is 15.5 Å². The Morgan fingerprint density at radius 3 is 2.62 bits per heavy atom. The Morgan fingerprint density at radius 1 is 1.14 bits per heavy atom. The van der Waals surface area contributed by atoms with Gasteiger partial charge >= 0.3 is 0 Å². The van der Waals surface area contributed by atoms with Crippen LogP contribution < -0.4 is 15.4 Å². The van der Waals surface area contributed by atoms with E-state index in [1.807, 2.05) is 6.92 Å². The van der Waals surface area contributed by atoms with Crippen molar-refractivity contribution in [2.45, 2.75) is 60.0 Å². The molecule has 2 N–H and O–H groups in total. The second-order valence-electron chi connectivity index (χ2n) is 7.56. The van der Waals surface area contributed by atoms with Crippen molar-refractivity contribution in [3.8, 4) is 5.75 Å². The Labute approximate surface area is 178 Å². The van der Waals surface area contributed by atoms with Crippen LogP contribution in [0.25, 0.3) is 0 Å². The van der Waals surface area contributed by atoms with Crippen molar-refractivity contribution < 1.29 is 9.47 Å². The highest BCUT2D eigenvalue weighted by molar-refractivity contribution is 5.79. The molecule has 0 aromatic heterocycles. The van der Waals surface area contributed by atoms with Crippen molar-refractivity contribution in [1.29, 1.82) is 0 Å². The van der Waals surface area contributed by atoms with Crippen molar-refractivity contribution in [3.63, 3.8) is 0 Å². The lowest BCUT2D eigenvalue weighted by atomic mass is 10.1. The molecule has 0 amide bonds. The molecule has 0 unspecified atom stereocenters. The fourth-order valence-electron chi connectivity index (χ4n) is 2.74. The molecule has 0 radical (unpaired) electrons. The Morgan fingerprint density at radius 2 is 1.93 bits per heavy atom. The minimum Gasteiger partial charge on any atom is -0.491 e. The molecule has 1 rings (SSSR count). The summed E-state index contributed by atoms with van der Waals surface area (Å²) in [5.74, 6) is 1.74. The maximum Gasteiger partial charge on any atom is 0.191 e. The van der Waals surface area contributed by atoms with Gasteiger partial charge in [-0.3, -0.25) is 0 Å². The van der Waals surface area contributed by atoms with E-state index in [1.54, 1.807) is 0 Å². The van der Waals surface area contributed by atoms with E-state index in [-0.39, 0.29) is 0 Å². The quantitative estimate of drug-likeness (QED) is 0.281. The predicted molar refractivity (Wildman–Crippen MR) is 123 cm³/mol. The van der Waals surface area contributed by atoms with Gasteiger partial charge in [0.2, 0.25) is 0 Å². The van der Waals surface area contributed by atoms with Crippen LogP contribution in [-0.4, -0.2) is 63.4 Å². The van der Waals surface area contributed by atoms with Gasteiger partial charge in [0.05, 0.1) is 13.2 Å². The SMILES string of the molecule is CCNC(=NCc1ccc(C)cc1OCCOCC)NCCCCN(C)C(C)C. The highest BCUT2D eigenvalue weighted by Crippen LogP contribution is 2.21. The summed E-state index contributed by atoms with van der Waals surface area (Å²) in [5.41, 5.74) is 2.27. The van der Waals surface area contributed by atoms with Crippen molar-refractivity contribution in [2.75, 3.05) is 46.5 Å². The predicted octanol–water partition coefficient (Wildman–Crippen LogP) is 3.59. The fourth-order valence-corrected chi connectivity index (χ4v) is 2.74. The summed E-state index contributed by atoms with van der Waals surface area (Å²) in [5, 5.41) is 6.77. The molecule has 1 aromatic rings. The summed E-state index contributed by atoms with van der Waals surface area (Å²) in [6, 6.07) is 6.87. The van der Waals surface area contributed by atoms with E-state index in [2.05, 4.69) is 68.5 Å². The maximum absolute atomic E-state index is 5.93. The number of aryl methyl sites for hydroxylation is 1. The van der Waals surface area contributed by atoms with E-state index in [9.17, 15) is 0 Å². The molecule has 6 heteroatoms. The van der Waals surface area contributed by atoms with Crippen LogP contribution in [-0.2, 0) is 11.3 Å². The lowest BCUT2D eigenvalue weighted by Gasteiger charge is -2.20. The molecule has 0 heterocycles. The highest BCUT2D eigenvalue weighted by atomic mass is 16.5. The van der Waals surface area contributed by atoms with Gasteiger partial charge in [0.25, 0.3) is 0 Å². The van der Waals surface area contributed by atoms with Crippen LogP contribution in [0.3, 0.4) is 0 Å². The zero-order valence-electron chi connectivity index (χ0n) is 19.4. The molecule has 6 nitrogen and oxygen atoms in total. The molecule has 0 spiro atoms. The summed E-state index contributed by atoms with van der Waals surface area (Å²) in [7, 11) is 2.18. The molecule has 1 aromatic carbocycles. The van der Waals surface area contributed by atoms with E-state index in [4.69, 9.17) is 14.5 Å². The van der Waals surface area contributed by atoms with Crippen molar-refractivity contribution in [3.05, 3.63) is 29.3 Å². The number of nitrogens with one attached hydrogen (secondary N) is 2. The third-order valence-electron chi connectivity index (χ3n) is 4.78. The Kier molecular flexibility index (Phi) is 13.1. The summed E-state index contributed by atoms with van der Waals surface area (Å²) in [6.45, 7) is 15.9. The van der Waals surface area contributed by atoms with Crippen LogP contribution in [0.1, 0.15) is 51.7 Å². The number of hydrogen-bond acceptors (Lipinski definition) is 4. The van der Waals surface area contributed by atoms with Gasteiger partial charge in [-0.2, -0.15) is 0 Å². The minimum atomic E-state index is 0.553. The van der Waals surface area contributed by atoms with Gasteiger partial charge in [0.15, 0.2) is 5.96 Å². The van der Waals surface area contributed by atoms with E-state index in [1.165, 1.54) is 12.0 Å². The van der Waals surface area contributed by atoms with Crippen LogP contribution in [0, 0.1) is 6.92 Å². The number of nitrogens with zero attached hydrogens (tertiary/aromatic N) is 2. The molecular weight excluding hydrogens is 364 g/mol. The standard InChI is InChI=1S/C23H42N4O2/c1-7-24-23(25-13-9-10-14-27(6)19(3)4)26-18-21-12-11-20(5)17-22(21)29-16-15-28-8-2/h11-12,17,19H,7-10,13-16,18H2,1-6H3,(H2,24,25,26). The molecule has 0 aliphatic carbocycles. The van der Waals surface area contributed by atoms with Gasteiger partial charge in [-0.05, 0) is 72.7 Å². The molecule has 0 aliphatic heterocycles. The van der Waals surface area contributed by atoms with Gasteiger partial charge in [-0.25, -0.2) is 4.99 Å². The first-order valence-electron chi connectivity index (χ1n) is 11.0. The molecule has 0 fully saturated rings. The molecule has 0 saturated heterocycles. The summed E-state index contributed by atoms with van der Waals surface area (Å²) in [6.07, 6.45) is 2.30. The molecule has 0 aliphatic rings. The third-order valence-corrected chi connectivity index (χ3v) is 4.78.